The monoisotopic (exact) mass is 388 g/mol. The molecule has 140 valence electrons. The van der Waals surface area contributed by atoms with Crippen LogP contribution in [-0.4, -0.2) is 31.3 Å². The number of benzene rings is 1. The lowest BCUT2D eigenvalue weighted by molar-refractivity contribution is -0.389. The van der Waals surface area contributed by atoms with Crippen LogP contribution in [0.5, 0.6) is 0 Å². The first-order valence-corrected chi connectivity index (χ1v) is 8.79. The summed E-state index contributed by atoms with van der Waals surface area (Å²) in [6, 6.07) is 5.29. The molecule has 0 aliphatic carbocycles. The highest BCUT2D eigenvalue weighted by molar-refractivity contribution is 7.22. The van der Waals surface area contributed by atoms with Crippen LogP contribution in [-0.2, 0) is 16.1 Å². The number of aromatic nitrogens is 3. The Hall–Kier alpha value is -3.34. The molecule has 11 heteroatoms. The molecule has 3 aromatic rings. The molecule has 3 rings (SSSR count). The molecule has 2 amide bonds. The number of nitrogens with zero attached hydrogens (tertiary/aromatic N) is 4. The quantitative estimate of drug-likeness (QED) is 0.493. The maximum absolute atomic E-state index is 12.2. The van der Waals surface area contributed by atoms with Gasteiger partial charge in [0.25, 0.3) is 0 Å². The average molecular weight is 388 g/mol. The molecule has 0 saturated heterocycles. The fourth-order valence-electron chi connectivity index (χ4n) is 2.47. The summed E-state index contributed by atoms with van der Waals surface area (Å²) in [5, 5.41) is 16.6. The van der Waals surface area contributed by atoms with Gasteiger partial charge in [0.1, 0.15) is 6.20 Å². The van der Waals surface area contributed by atoms with Gasteiger partial charge in [-0.05, 0) is 28.1 Å². The molecule has 1 aromatic carbocycles. The topological polar surface area (TPSA) is 132 Å². The highest BCUT2D eigenvalue weighted by Crippen LogP contribution is 2.28. The van der Waals surface area contributed by atoms with Crippen molar-refractivity contribution in [1.82, 2.24) is 14.5 Å². The summed E-state index contributed by atoms with van der Waals surface area (Å²) in [5.74, 6) is -0.191. The lowest BCUT2D eigenvalue weighted by Gasteiger charge is -2.02. The third-order valence-corrected chi connectivity index (χ3v) is 4.62. The van der Waals surface area contributed by atoms with Gasteiger partial charge in [-0.1, -0.05) is 11.3 Å². The number of imidazole rings is 1. The van der Waals surface area contributed by atoms with E-state index < -0.39 is 4.92 Å². The van der Waals surface area contributed by atoms with Gasteiger partial charge in [-0.2, -0.15) is 0 Å². The van der Waals surface area contributed by atoms with E-state index in [9.17, 15) is 19.7 Å². The molecule has 10 nitrogen and oxygen atoms in total. The summed E-state index contributed by atoms with van der Waals surface area (Å²) >= 11 is 1.30. The minimum atomic E-state index is -0.570. The van der Waals surface area contributed by atoms with Gasteiger partial charge in [0.2, 0.25) is 17.6 Å². The first-order chi connectivity index (χ1) is 12.8. The molecule has 0 fully saturated rings. The smallest absolute Gasteiger partial charge is 0.358 e. The van der Waals surface area contributed by atoms with E-state index in [1.165, 1.54) is 24.5 Å². The first kappa shape index (κ1) is 18.5. The van der Waals surface area contributed by atoms with Gasteiger partial charge in [-0.25, -0.2) is 4.98 Å². The first-order valence-electron chi connectivity index (χ1n) is 7.98. The van der Waals surface area contributed by atoms with Crippen LogP contribution in [0.2, 0.25) is 0 Å². The van der Waals surface area contributed by atoms with Gasteiger partial charge in [0.05, 0.1) is 10.2 Å². The number of amides is 2. The fraction of sp³-hybridized carbons (Fsp3) is 0.250. The lowest BCUT2D eigenvalue weighted by Crippen LogP contribution is -2.14. The van der Waals surface area contributed by atoms with Crippen molar-refractivity contribution in [2.75, 3.05) is 10.6 Å². The third kappa shape index (κ3) is 4.44. The van der Waals surface area contributed by atoms with Crippen molar-refractivity contribution >= 4 is 50.0 Å². The molecule has 0 saturated carbocycles. The summed E-state index contributed by atoms with van der Waals surface area (Å²) < 4.78 is 2.40. The highest BCUT2D eigenvalue weighted by Gasteiger charge is 2.16. The number of hydrogen-bond acceptors (Lipinski definition) is 7. The summed E-state index contributed by atoms with van der Waals surface area (Å²) in [4.78, 5) is 41.6. The van der Waals surface area contributed by atoms with Gasteiger partial charge in [0.15, 0.2) is 5.13 Å². The Labute approximate surface area is 157 Å². The van der Waals surface area contributed by atoms with Crippen LogP contribution in [0.15, 0.2) is 24.4 Å². The Morgan fingerprint density at radius 3 is 2.74 bits per heavy atom. The number of rotatable bonds is 6. The highest BCUT2D eigenvalue weighted by atomic mass is 32.1. The number of nitro groups is 1. The standard InChI is InChI=1S/C16H16N6O4S/c1-9-17-14(22(25)26)8-21(9)6-5-15(24)20-16-19-12-4-3-11(18-10(2)23)7-13(12)27-16/h3-4,7-8H,5-6H2,1-2H3,(H,18,23)(H,19,20,24). The van der Waals surface area contributed by atoms with Crippen molar-refractivity contribution < 1.29 is 14.5 Å². The summed E-state index contributed by atoms with van der Waals surface area (Å²) in [6.07, 6.45) is 1.44. The van der Waals surface area contributed by atoms with Gasteiger partial charge in [0, 0.05) is 32.5 Å². The number of anilines is 2. The fourth-order valence-corrected chi connectivity index (χ4v) is 3.39. The van der Waals surface area contributed by atoms with Crippen LogP contribution < -0.4 is 10.6 Å². The van der Waals surface area contributed by atoms with E-state index in [-0.39, 0.29) is 30.6 Å². The van der Waals surface area contributed by atoms with Crippen molar-refractivity contribution in [2.24, 2.45) is 0 Å². The number of carbonyl (C=O) groups is 2. The normalized spacial score (nSPS) is 10.7. The second-order valence-corrected chi connectivity index (χ2v) is 6.81. The van der Waals surface area contributed by atoms with Crippen molar-refractivity contribution in [3.63, 3.8) is 0 Å². The molecule has 2 aromatic heterocycles. The maximum Gasteiger partial charge on any atom is 0.381 e. The predicted molar refractivity (Wildman–Crippen MR) is 101 cm³/mol. The molecule has 0 spiro atoms. The average Bonchev–Trinajstić information content (AvgIpc) is 3.14. The molecular weight excluding hydrogens is 372 g/mol. The number of hydrogen-bond donors (Lipinski definition) is 2. The minimum Gasteiger partial charge on any atom is -0.358 e. The van der Waals surface area contributed by atoms with Crippen LogP contribution in [0.3, 0.4) is 0 Å². The maximum atomic E-state index is 12.2. The van der Waals surface area contributed by atoms with E-state index in [2.05, 4.69) is 20.6 Å². The van der Waals surface area contributed by atoms with Crippen LogP contribution in [0.1, 0.15) is 19.2 Å². The summed E-state index contributed by atoms with van der Waals surface area (Å²) in [7, 11) is 0. The van der Waals surface area contributed by atoms with Crippen molar-refractivity contribution in [1.29, 1.82) is 0 Å². The van der Waals surface area contributed by atoms with E-state index in [4.69, 9.17) is 0 Å². The molecule has 27 heavy (non-hydrogen) atoms. The molecule has 0 aliphatic rings. The van der Waals surface area contributed by atoms with Crippen molar-refractivity contribution in [3.8, 4) is 0 Å². The largest absolute Gasteiger partial charge is 0.381 e. The minimum absolute atomic E-state index is 0.126. The Balaban J connectivity index is 1.63. The van der Waals surface area contributed by atoms with Gasteiger partial charge < -0.3 is 25.3 Å². The van der Waals surface area contributed by atoms with Gasteiger partial charge in [-0.3, -0.25) is 9.59 Å². The second kappa shape index (κ2) is 7.50. The van der Waals surface area contributed by atoms with Gasteiger partial charge >= 0.3 is 5.82 Å². The SMILES string of the molecule is CC(=O)Nc1ccc2nc(NC(=O)CCn3cc([N+](=O)[O-])nc3C)sc2c1. The molecule has 2 N–H and O–H groups in total. The summed E-state index contributed by atoms with van der Waals surface area (Å²) in [5.41, 5.74) is 1.37. The number of fused-ring (bicyclic) bond motifs is 1. The van der Waals surface area contributed by atoms with Crippen molar-refractivity contribution in [2.45, 2.75) is 26.8 Å². The molecular formula is C16H16N6O4S. The Kier molecular flexibility index (Phi) is 5.12. The molecule has 0 atom stereocenters. The molecule has 0 aliphatic heterocycles. The zero-order valence-corrected chi connectivity index (χ0v) is 15.4. The predicted octanol–water partition coefficient (Wildman–Crippen LogP) is 2.70. The van der Waals surface area contributed by atoms with Gasteiger partial charge in [-0.15, -0.1) is 0 Å². The zero-order chi connectivity index (χ0) is 19.6. The number of nitrogens with one attached hydrogen (secondary N) is 2. The Morgan fingerprint density at radius 1 is 1.30 bits per heavy atom. The summed E-state index contributed by atoms with van der Waals surface area (Å²) in [6.45, 7) is 3.35. The van der Waals surface area contributed by atoms with E-state index in [0.29, 0.717) is 22.2 Å². The number of carbonyl (C=O) groups excluding carboxylic acids is 2. The van der Waals surface area contributed by atoms with Crippen LogP contribution in [0, 0.1) is 17.0 Å². The zero-order valence-electron chi connectivity index (χ0n) is 14.6. The van der Waals surface area contributed by atoms with Crippen molar-refractivity contribution in [3.05, 3.63) is 40.3 Å². The molecule has 2 heterocycles. The Bertz CT molecular complexity index is 1040. The molecule has 0 radical (unpaired) electrons. The van der Waals surface area contributed by atoms with Crippen LogP contribution in [0.4, 0.5) is 16.6 Å². The second-order valence-electron chi connectivity index (χ2n) is 5.78. The van der Waals surface area contributed by atoms with E-state index in [1.54, 1.807) is 29.7 Å². The van der Waals surface area contributed by atoms with E-state index in [1.807, 2.05) is 0 Å². The van der Waals surface area contributed by atoms with E-state index in [0.717, 1.165) is 4.70 Å². The van der Waals surface area contributed by atoms with Crippen LogP contribution in [0.25, 0.3) is 10.2 Å². The molecule has 0 unspecified atom stereocenters. The number of aryl methyl sites for hydroxylation is 2. The third-order valence-electron chi connectivity index (χ3n) is 3.69. The number of thiazole rings is 1. The van der Waals surface area contributed by atoms with Crippen LogP contribution >= 0.6 is 11.3 Å². The molecule has 0 bridgehead atoms. The van der Waals surface area contributed by atoms with E-state index >= 15 is 0 Å². The lowest BCUT2D eigenvalue weighted by atomic mass is 10.3. The Morgan fingerprint density at radius 2 is 2.07 bits per heavy atom.